The molecule has 117 heavy (non-hydrogen) atoms. The Morgan fingerprint density at radius 2 is 0.496 bits per heavy atom. The zero-order valence-corrected chi connectivity index (χ0v) is 77.9. The van der Waals surface area contributed by atoms with Crippen molar-refractivity contribution < 1.29 is 262 Å². The quantitative estimate of drug-likeness (QED) is 0.0354. The minimum absolute atomic E-state index is 0. The number of hydrazone groups is 3. The Morgan fingerprint density at radius 3 is 0.675 bits per heavy atom. The number of aryl methyl sites for hydroxylation is 3. The molecule has 6 heterocycles. The first-order valence-electron chi connectivity index (χ1n) is 32.7. The van der Waals surface area contributed by atoms with E-state index >= 15 is 0 Å². The maximum atomic E-state index is 13.0. The number of nitrogens with zero attached hydrogens (tertiary/aromatic N) is 12. The fourth-order valence-electron chi connectivity index (χ4n) is 11.5. The molecule has 12 rings (SSSR count). The molecule has 0 aliphatic carbocycles. The Balaban J connectivity index is 0.000000239. The second-order valence-electron chi connectivity index (χ2n) is 25.0. The first kappa shape index (κ1) is 96.7. The van der Waals surface area contributed by atoms with Crippen LogP contribution in [-0.2, 0) is 75.1 Å². The van der Waals surface area contributed by atoms with Crippen LogP contribution < -0.4 is 169 Å². The van der Waals surface area contributed by atoms with E-state index in [-0.39, 0.29) is 203 Å². The SMILES string of the molecule is CC(=CC=C1C(=O)N(c2ccc(S(=O)(=O)O)cc2)N=C1C)c1c(C)nn(-c2ccc(S(=O)(=O)[O-])cc2)c1O.CC(=CC=C1C(=O)N(c2ccc(S(=O)(=O)O)cc2)N=C1C)c1c(C)nn(-c2ccc(S(=O)(=O)[O-])cc2)c1O.CC(=CC=C1C(=O)N(c2ccc(S(=O)(=O)O)cc2)N=C1C)c1c(C)nn(-c2ccc(S(=O)(=O)[O-])cc2)c1O.[K+].[K+].[K+]. The Hall–Kier alpha value is -7.42. The number of aromatic hydroxyl groups is 3. The molecule has 36 nitrogen and oxygen atoms in total. The van der Waals surface area contributed by atoms with Gasteiger partial charge < -0.3 is 29.0 Å². The summed E-state index contributed by atoms with van der Waals surface area (Å²) in [7, 11) is -27.0. The van der Waals surface area contributed by atoms with Crippen LogP contribution in [0.5, 0.6) is 17.6 Å². The van der Waals surface area contributed by atoms with Crippen LogP contribution in [0.15, 0.2) is 243 Å². The maximum Gasteiger partial charge on any atom is 1.00 e. The molecule has 45 heteroatoms. The van der Waals surface area contributed by atoms with E-state index in [1.54, 1.807) is 80.5 Å². The standard InChI is InChI=1S/3C24H22N4O8S2.3K/c3*1-14(22-16(3)26-28(24(22)30)18-7-11-20(12-8-18)38(34,35)36)4-13-21-15(2)25-27(23(21)29)17-5-9-19(10-6-17)37(31,32)33;;;/h3*4-13,30H,1-3H3,(H,31,32,33)(H,34,35,36);;;/q;;;3*+1/p-3. The first-order chi connectivity index (χ1) is 53.0. The van der Waals surface area contributed by atoms with Crippen LogP contribution in [0.4, 0.5) is 17.1 Å². The molecule has 3 aliphatic rings. The predicted molar refractivity (Wildman–Crippen MR) is 410 cm³/mol. The number of amides is 3. The Bertz CT molecular complexity index is 5900. The summed E-state index contributed by atoms with van der Waals surface area (Å²) in [6.07, 6.45) is 9.43. The third-order valence-electron chi connectivity index (χ3n) is 17.2. The van der Waals surface area contributed by atoms with Crippen molar-refractivity contribution >= 4 is 129 Å². The van der Waals surface area contributed by atoms with E-state index in [4.69, 9.17) is 13.7 Å². The van der Waals surface area contributed by atoms with Crippen LogP contribution in [0, 0.1) is 20.8 Å². The van der Waals surface area contributed by atoms with E-state index in [1.165, 1.54) is 105 Å². The summed E-state index contributed by atoms with van der Waals surface area (Å²) in [6, 6.07) is 29.8. The van der Waals surface area contributed by atoms with Gasteiger partial charge in [-0.3, -0.25) is 28.0 Å². The predicted octanol–water partition coefficient (Wildman–Crippen LogP) is -0.619. The van der Waals surface area contributed by atoms with E-state index in [1.807, 2.05) is 0 Å². The maximum absolute atomic E-state index is 13.0. The van der Waals surface area contributed by atoms with Crippen LogP contribution in [0.1, 0.15) is 75.3 Å². The monoisotopic (exact) mass is 1790 g/mol. The van der Waals surface area contributed by atoms with Crippen LogP contribution in [0.25, 0.3) is 33.8 Å². The van der Waals surface area contributed by atoms with Crippen molar-refractivity contribution in [2.24, 2.45) is 15.3 Å². The van der Waals surface area contributed by atoms with E-state index in [0.29, 0.717) is 102 Å². The fourth-order valence-corrected chi connectivity index (χ4v) is 14.4. The summed E-state index contributed by atoms with van der Waals surface area (Å²) in [5.41, 5.74) is 8.15. The summed E-state index contributed by atoms with van der Waals surface area (Å²) in [5, 5.41) is 61.4. The minimum atomic E-state index is -4.62. The normalized spacial score (nSPS) is 15.5. The number of benzene rings is 6. The molecule has 3 aliphatic heterocycles. The van der Waals surface area contributed by atoms with Gasteiger partial charge in [0.2, 0.25) is 17.6 Å². The third kappa shape index (κ3) is 22.2. The number of carbonyl (C=O) groups is 3. The number of allylic oxidation sites excluding steroid dienone is 9. The molecular weight excluding hydrogens is 1730 g/mol. The molecule has 6 N–H and O–H groups in total. The zero-order chi connectivity index (χ0) is 84.0. The molecule has 3 aromatic heterocycles. The molecule has 0 fully saturated rings. The average molecular weight is 1790 g/mol. The van der Waals surface area contributed by atoms with E-state index < -0.39 is 93.1 Å². The number of rotatable bonds is 18. The second-order valence-corrected chi connectivity index (χ2v) is 33.4. The van der Waals surface area contributed by atoms with Gasteiger partial charge in [-0.1, -0.05) is 18.2 Å². The Morgan fingerprint density at radius 1 is 0.316 bits per heavy atom. The largest absolute Gasteiger partial charge is 1.00 e. The topological polar surface area (TPSA) is 547 Å². The average Bonchev–Trinajstić information content (AvgIpc) is 1.70. The summed E-state index contributed by atoms with van der Waals surface area (Å²) < 4.78 is 199. The smallest absolute Gasteiger partial charge is 0.744 e. The van der Waals surface area contributed by atoms with E-state index in [2.05, 4.69) is 30.6 Å². The van der Waals surface area contributed by atoms with Gasteiger partial charge in [0.25, 0.3) is 48.1 Å². The fraction of sp³-hybridized carbons (Fsp3) is 0.125. The third-order valence-corrected chi connectivity index (χ3v) is 22.4. The molecule has 0 bridgehead atoms. The van der Waals surface area contributed by atoms with Gasteiger partial charge in [0.05, 0.1) is 131 Å². The summed E-state index contributed by atoms with van der Waals surface area (Å²) in [5.74, 6) is -2.06. The summed E-state index contributed by atoms with van der Waals surface area (Å²) >= 11 is 0. The van der Waals surface area contributed by atoms with Crippen LogP contribution >= 0.6 is 0 Å². The van der Waals surface area contributed by atoms with Gasteiger partial charge in [0, 0.05) is 0 Å². The molecule has 6 aromatic carbocycles. The minimum Gasteiger partial charge on any atom is -0.744 e. The Labute approximate surface area is 798 Å². The molecule has 0 atom stereocenters. The molecular formula is C72H63K3N12O24S6. The number of hydrogen-bond acceptors (Lipinski definition) is 27. The summed E-state index contributed by atoms with van der Waals surface area (Å²) in [6.45, 7) is 15.0. The van der Waals surface area contributed by atoms with Crippen molar-refractivity contribution in [3.8, 4) is 34.7 Å². The van der Waals surface area contributed by atoms with Crippen LogP contribution in [-0.4, -0.2) is 157 Å². The molecule has 3 amide bonds. The molecule has 0 spiro atoms. The molecule has 0 saturated heterocycles. The van der Waals surface area contributed by atoms with Gasteiger partial charge in [0.1, 0.15) is 30.4 Å². The molecule has 0 saturated carbocycles. The van der Waals surface area contributed by atoms with Gasteiger partial charge >= 0.3 is 154 Å². The number of carbonyl (C=O) groups excluding carboxylic acids is 3. The van der Waals surface area contributed by atoms with Crippen molar-refractivity contribution in [3.63, 3.8) is 0 Å². The van der Waals surface area contributed by atoms with Gasteiger partial charge in [-0.15, -0.1) is 0 Å². The molecule has 9 aromatic rings. The van der Waals surface area contributed by atoms with Crippen molar-refractivity contribution in [2.75, 3.05) is 15.0 Å². The second kappa shape index (κ2) is 38.1. The van der Waals surface area contributed by atoms with Crippen molar-refractivity contribution in [3.05, 3.63) is 233 Å². The van der Waals surface area contributed by atoms with E-state index in [9.17, 15) is 93.9 Å². The van der Waals surface area contributed by atoms with Crippen LogP contribution in [0.3, 0.4) is 0 Å². The van der Waals surface area contributed by atoms with Gasteiger partial charge in [-0.05, 0) is 243 Å². The van der Waals surface area contributed by atoms with Crippen molar-refractivity contribution in [2.45, 2.75) is 91.7 Å². The zero-order valence-electron chi connectivity index (χ0n) is 63.7. The molecule has 594 valence electrons. The van der Waals surface area contributed by atoms with Gasteiger partial charge in [0.15, 0.2) is 0 Å². The molecule has 0 unspecified atom stereocenters. The number of aromatic nitrogens is 6. The van der Waals surface area contributed by atoms with Gasteiger partial charge in [-0.25, -0.2) is 39.3 Å². The number of anilines is 3. The van der Waals surface area contributed by atoms with Crippen molar-refractivity contribution in [1.29, 1.82) is 0 Å². The molecule has 0 radical (unpaired) electrons. The van der Waals surface area contributed by atoms with Crippen LogP contribution in [0.2, 0.25) is 0 Å². The first-order valence-corrected chi connectivity index (χ1v) is 41.2. The summed E-state index contributed by atoms with van der Waals surface area (Å²) in [4.78, 5) is 36.8. The van der Waals surface area contributed by atoms with E-state index in [0.717, 1.165) is 87.8 Å². The Kier molecular flexibility index (Phi) is 31.5. The van der Waals surface area contributed by atoms with Gasteiger partial charge in [-0.2, -0.15) is 70.9 Å². The van der Waals surface area contributed by atoms with Crippen molar-refractivity contribution in [1.82, 2.24) is 29.3 Å². The number of hydrogen-bond donors (Lipinski definition) is 6.